The molecule has 1 rings (SSSR count). The SMILES string of the molecule is C#CCCN=C(NCC)N(C)Cc1cc(Br)cn1C.I. The molecule has 1 heterocycles. The summed E-state index contributed by atoms with van der Waals surface area (Å²) >= 11 is 3.48. The molecule has 0 aliphatic carbocycles. The third-order valence-electron chi connectivity index (χ3n) is 2.69. The summed E-state index contributed by atoms with van der Waals surface area (Å²) < 4.78 is 3.19. The van der Waals surface area contributed by atoms with E-state index in [-0.39, 0.29) is 24.0 Å². The molecule has 4 nitrogen and oxygen atoms in total. The maximum atomic E-state index is 5.25. The Bertz CT molecular complexity index is 476. The molecule has 1 aromatic rings. The normalized spacial score (nSPS) is 10.7. The zero-order chi connectivity index (χ0) is 14.3. The fourth-order valence-corrected chi connectivity index (χ4v) is 2.31. The molecule has 0 fully saturated rings. The molecule has 0 bridgehead atoms. The van der Waals surface area contributed by atoms with Crippen molar-refractivity contribution in [2.45, 2.75) is 19.9 Å². The highest BCUT2D eigenvalue weighted by Crippen LogP contribution is 2.14. The molecule has 0 saturated carbocycles. The number of terminal acetylenes is 1. The Morgan fingerprint density at radius 1 is 1.60 bits per heavy atom. The van der Waals surface area contributed by atoms with Gasteiger partial charge in [0.15, 0.2) is 5.96 Å². The molecular weight excluding hydrogens is 431 g/mol. The Morgan fingerprint density at radius 3 is 2.80 bits per heavy atom. The van der Waals surface area contributed by atoms with Crippen LogP contribution in [0, 0.1) is 12.3 Å². The molecule has 0 saturated heterocycles. The van der Waals surface area contributed by atoms with Gasteiger partial charge in [0.05, 0.1) is 13.1 Å². The number of halogens is 2. The minimum absolute atomic E-state index is 0. The molecule has 0 spiro atoms. The van der Waals surface area contributed by atoms with Gasteiger partial charge in [-0.15, -0.1) is 36.3 Å². The van der Waals surface area contributed by atoms with Crippen LogP contribution >= 0.6 is 39.9 Å². The zero-order valence-corrected chi connectivity index (χ0v) is 16.1. The van der Waals surface area contributed by atoms with E-state index in [2.05, 4.69) is 54.6 Å². The molecule has 1 N–H and O–H groups in total. The van der Waals surface area contributed by atoms with E-state index < -0.39 is 0 Å². The van der Waals surface area contributed by atoms with Crippen molar-refractivity contribution in [3.63, 3.8) is 0 Å². The number of nitrogens with zero attached hydrogens (tertiary/aromatic N) is 3. The Kier molecular flexibility index (Phi) is 9.76. The predicted molar refractivity (Wildman–Crippen MR) is 99.4 cm³/mol. The van der Waals surface area contributed by atoms with Crippen molar-refractivity contribution in [2.75, 3.05) is 20.1 Å². The second-order valence-corrected chi connectivity index (χ2v) is 5.22. The lowest BCUT2D eigenvalue weighted by Crippen LogP contribution is -2.38. The van der Waals surface area contributed by atoms with Gasteiger partial charge in [-0.1, -0.05) is 0 Å². The minimum Gasteiger partial charge on any atom is -0.357 e. The van der Waals surface area contributed by atoms with Crippen molar-refractivity contribution in [1.29, 1.82) is 0 Å². The fourth-order valence-electron chi connectivity index (χ4n) is 1.74. The van der Waals surface area contributed by atoms with Crippen LogP contribution in [0.1, 0.15) is 19.0 Å². The summed E-state index contributed by atoms with van der Waals surface area (Å²) in [5, 5.41) is 3.27. The molecule has 1 aromatic heterocycles. The number of aryl methyl sites for hydroxylation is 1. The Labute approximate surface area is 147 Å². The van der Waals surface area contributed by atoms with Gasteiger partial charge in [-0.25, -0.2) is 0 Å². The summed E-state index contributed by atoms with van der Waals surface area (Å²) in [6.45, 7) is 4.35. The first-order chi connectivity index (χ1) is 9.08. The highest BCUT2D eigenvalue weighted by atomic mass is 127. The summed E-state index contributed by atoms with van der Waals surface area (Å²) in [4.78, 5) is 6.60. The highest BCUT2D eigenvalue weighted by Gasteiger charge is 2.09. The number of aromatic nitrogens is 1. The molecule has 0 aliphatic rings. The van der Waals surface area contributed by atoms with Gasteiger partial charge in [-0.2, -0.15) is 0 Å². The van der Waals surface area contributed by atoms with E-state index >= 15 is 0 Å². The lowest BCUT2D eigenvalue weighted by atomic mass is 10.4. The molecule has 112 valence electrons. The Balaban J connectivity index is 0.00000361. The summed E-state index contributed by atoms with van der Waals surface area (Å²) in [7, 11) is 4.06. The molecule has 0 aromatic carbocycles. The number of aliphatic imine (C=N–C) groups is 1. The molecular formula is C14H22BrIN4. The molecule has 6 heteroatoms. The average molecular weight is 453 g/mol. The topological polar surface area (TPSA) is 32.6 Å². The van der Waals surface area contributed by atoms with Gasteiger partial charge < -0.3 is 14.8 Å². The van der Waals surface area contributed by atoms with Crippen LogP contribution in [0.5, 0.6) is 0 Å². The van der Waals surface area contributed by atoms with Crippen molar-refractivity contribution in [3.8, 4) is 12.3 Å². The van der Waals surface area contributed by atoms with Gasteiger partial charge in [0, 0.05) is 43.4 Å². The van der Waals surface area contributed by atoms with E-state index in [0.29, 0.717) is 13.0 Å². The molecule has 0 unspecified atom stereocenters. The van der Waals surface area contributed by atoms with E-state index in [1.54, 1.807) is 0 Å². The lowest BCUT2D eigenvalue weighted by Gasteiger charge is -2.22. The van der Waals surface area contributed by atoms with E-state index in [9.17, 15) is 0 Å². The maximum absolute atomic E-state index is 5.25. The summed E-state index contributed by atoms with van der Waals surface area (Å²) in [6, 6.07) is 2.11. The van der Waals surface area contributed by atoms with E-state index in [1.165, 1.54) is 5.69 Å². The van der Waals surface area contributed by atoms with Gasteiger partial charge in [-0.05, 0) is 28.9 Å². The fraction of sp³-hybridized carbons (Fsp3) is 0.500. The van der Waals surface area contributed by atoms with Gasteiger partial charge in [-0.3, -0.25) is 4.99 Å². The summed E-state index contributed by atoms with van der Waals surface area (Å²) in [5.41, 5.74) is 1.22. The second kappa shape index (κ2) is 10.1. The number of hydrogen-bond donors (Lipinski definition) is 1. The quantitative estimate of drug-likeness (QED) is 0.245. The number of rotatable bonds is 5. The van der Waals surface area contributed by atoms with Crippen LogP contribution in [0.25, 0.3) is 0 Å². The largest absolute Gasteiger partial charge is 0.357 e. The molecule has 20 heavy (non-hydrogen) atoms. The van der Waals surface area contributed by atoms with Crippen LogP contribution < -0.4 is 5.32 Å². The Morgan fingerprint density at radius 2 is 2.30 bits per heavy atom. The predicted octanol–water partition coefficient (Wildman–Crippen LogP) is 2.83. The molecule has 0 aliphatic heterocycles. The number of guanidine groups is 1. The van der Waals surface area contributed by atoms with Gasteiger partial charge >= 0.3 is 0 Å². The standard InChI is InChI=1S/C14H21BrN4.HI/c1-5-7-8-17-14(16-6-2)19(4)11-13-9-12(15)10-18(13)3;/h1,9-10H,6-8,11H2,2-4H3,(H,16,17);1H. The number of hydrogen-bond acceptors (Lipinski definition) is 1. The van der Waals surface area contributed by atoms with E-state index in [1.807, 2.05) is 20.3 Å². The third kappa shape index (κ3) is 6.18. The molecule has 0 atom stereocenters. The second-order valence-electron chi connectivity index (χ2n) is 4.31. The van der Waals surface area contributed by atoms with E-state index in [0.717, 1.165) is 23.5 Å². The van der Waals surface area contributed by atoms with Crippen molar-refractivity contribution in [3.05, 3.63) is 22.4 Å². The van der Waals surface area contributed by atoms with Crippen LogP contribution in [0.3, 0.4) is 0 Å². The van der Waals surface area contributed by atoms with Crippen LogP contribution in [-0.2, 0) is 13.6 Å². The zero-order valence-electron chi connectivity index (χ0n) is 12.2. The summed E-state index contributed by atoms with van der Waals surface area (Å²) in [5.74, 6) is 3.49. The highest BCUT2D eigenvalue weighted by molar-refractivity contribution is 14.0. The molecule has 0 radical (unpaired) electrons. The first-order valence-electron chi connectivity index (χ1n) is 6.32. The number of nitrogens with one attached hydrogen (secondary N) is 1. The van der Waals surface area contributed by atoms with Crippen LogP contribution in [-0.4, -0.2) is 35.6 Å². The smallest absolute Gasteiger partial charge is 0.194 e. The van der Waals surface area contributed by atoms with Gasteiger partial charge in [0.2, 0.25) is 0 Å². The van der Waals surface area contributed by atoms with Gasteiger partial charge in [0.25, 0.3) is 0 Å². The third-order valence-corrected chi connectivity index (χ3v) is 3.12. The van der Waals surface area contributed by atoms with Gasteiger partial charge in [0.1, 0.15) is 0 Å². The van der Waals surface area contributed by atoms with Crippen molar-refractivity contribution in [1.82, 2.24) is 14.8 Å². The van der Waals surface area contributed by atoms with Crippen LogP contribution in [0.4, 0.5) is 0 Å². The first-order valence-corrected chi connectivity index (χ1v) is 7.11. The monoisotopic (exact) mass is 452 g/mol. The first kappa shape index (κ1) is 19.3. The Hall–Kier alpha value is -0.680. The summed E-state index contributed by atoms with van der Waals surface area (Å²) in [6.07, 6.45) is 7.96. The van der Waals surface area contributed by atoms with E-state index in [4.69, 9.17) is 6.42 Å². The van der Waals surface area contributed by atoms with Crippen LogP contribution in [0.2, 0.25) is 0 Å². The minimum atomic E-state index is 0. The molecule has 0 amide bonds. The lowest BCUT2D eigenvalue weighted by molar-refractivity contribution is 0.462. The average Bonchev–Trinajstić information content (AvgIpc) is 2.67. The maximum Gasteiger partial charge on any atom is 0.194 e. The van der Waals surface area contributed by atoms with Crippen LogP contribution in [0.15, 0.2) is 21.7 Å². The van der Waals surface area contributed by atoms with Crippen molar-refractivity contribution in [2.24, 2.45) is 12.0 Å². The van der Waals surface area contributed by atoms with Crippen molar-refractivity contribution >= 4 is 45.9 Å². The van der Waals surface area contributed by atoms with Crippen molar-refractivity contribution < 1.29 is 0 Å².